The summed E-state index contributed by atoms with van der Waals surface area (Å²) in [4.78, 5) is 0. The Morgan fingerprint density at radius 2 is 1.19 bits per heavy atom. The van der Waals surface area contributed by atoms with Crippen LogP contribution in [0, 0.1) is 0 Å². The first-order valence-corrected chi connectivity index (χ1v) is 6.07. The molecule has 1 aromatic carbocycles. The summed E-state index contributed by atoms with van der Waals surface area (Å²) >= 11 is 0. The third-order valence-electron chi connectivity index (χ3n) is 3.02. The van der Waals surface area contributed by atoms with Crippen LogP contribution in [0.2, 0.25) is 0 Å². The Kier molecular flexibility index (Phi) is 5.78. The van der Waals surface area contributed by atoms with Crippen LogP contribution in [0.3, 0.4) is 0 Å². The van der Waals surface area contributed by atoms with Gasteiger partial charge in [-0.3, -0.25) is 0 Å². The molecule has 16 heavy (non-hydrogen) atoms. The second-order valence-corrected chi connectivity index (χ2v) is 5.35. The molecule has 0 amide bonds. The molecule has 0 N–H and O–H groups in total. The van der Waals surface area contributed by atoms with Crippen LogP contribution in [0.25, 0.3) is 0 Å². The van der Waals surface area contributed by atoms with Gasteiger partial charge in [-0.05, 0) is 34.4 Å². The summed E-state index contributed by atoms with van der Waals surface area (Å²) < 4.78 is 0. The van der Waals surface area contributed by atoms with Gasteiger partial charge in [-0.1, -0.05) is 67.2 Å². The normalized spacial score (nSPS) is 11.1. The second-order valence-electron chi connectivity index (χ2n) is 5.35. The predicted octanol–water partition coefficient (Wildman–Crippen LogP) is 5.69. The van der Waals surface area contributed by atoms with E-state index in [4.69, 9.17) is 0 Å². The lowest BCUT2D eigenvalue weighted by molar-refractivity contribution is 0.778. The molecule has 0 nitrogen and oxygen atoms in total. The van der Waals surface area contributed by atoms with E-state index in [1.54, 1.807) is 0 Å². The molecule has 0 heterocycles. The van der Waals surface area contributed by atoms with Gasteiger partial charge in [-0.15, -0.1) is 0 Å². The lowest BCUT2D eigenvalue weighted by atomic mass is 9.87. The quantitative estimate of drug-likeness (QED) is 0.613. The van der Waals surface area contributed by atoms with Crippen molar-refractivity contribution in [2.75, 3.05) is 0 Å². The highest BCUT2D eigenvalue weighted by atomic mass is 14.2. The third kappa shape index (κ3) is 3.37. The third-order valence-corrected chi connectivity index (χ3v) is 3.02. The summed E-state index contributed by atoms with van der Waals surface area (Å²) in [5.74, 6) is 1.88. The zero-order valence-electron chi connectivity index (χ0n) is 11.0. The van der Waals surface area contributed by atoms with Crippen molar-refractivity contribution < 1.29 is 0 Å². The molecule has 0 saturated heterocycles. The highest BCUT2D eigenvalue weighted by Crippen LogP contribution is 2.29. The molecular weight excluding hydrogens is 192 g/mol. The summed E-state index contributed by atoms with van der Waals surface area (Å²) in [5.41, 5.74) is 4.49. The van der Waals surface area contributed by atoms with Crippen LogP contribution in [-0.4, -0.2) is 0 Å². The topological polar surface area (TPSA) is 0 Å². The van der Waals surface area contributed by atoms with E-state index in [-0.39, 0.29) is 7.43 Å². The molecule has 1 rings (SSSR count). The molecule has 0 aliphatic rings. The predicted molar refractivity (Wildman–Crippen MR) is 75.4 cm³/mol. The number of hydrogen-bond donors (Lipinski definition) is 0. The lowest BCUT2D eigenvalue weighted by Gasteiger charge is -2.18. The van der Waals surface area contributed by atoms with E-state index >= 15 is 0 Å². The molecule has 0 saturated carbocycles. The van der Waals surface area contributed by atoms with Gasteiger partial charge in [0.15, 0.2) is 0 Å². The lowest BCUT2D eigenvalue weighted by Crippen LogP contribution is -2.00. The molecule has 0 radical (unpaired) electrons. The molecule has 1 aromatic rings. The molecule has 0 aliphatic carbocycles. The van der Waals surface area contributed by atoms with Gasteiger partial charge >= 0.3 is 0 Å². The van der Waals surface area contributed by atoms with Crippen molar-refractivity contribution in [2.45, 2.75) is 66.7 Å². The van der Waals surface area contributed by atoms with Gasteiger partial charge in [0.2, 0.25) is 0 Å². The van der Waals surface area contributed by atoms with Crippen molar-refractivity contribution in [1.82, 2.24) is 0 Å². The van der Waals surface area contributed by atoms with Gasteiger partial charge in [0.25, 0.3) is 0 Å². The minimum atomic E-state index is 0. The van der Waals surface area contributed by atoms with E-state index in [1.165, 1.54) is 16.7 Å². The van der Waals surface area contributed by atoms with E-state index < -0.39 is 0 Å². The van der Waals surface area contributed by atoms with Gasteiger partial charge in [0.1, 0.15) is 0 Å². The monoisotopic (exact) mass is 220 g/mol. The molecule has 0 bridgehead atoms. The van der Waals surface area contributed by atoms with E-state index in [0.29, 0.717) is 17.8 Å². The minimum absolute atomic E-state index is 0. The van der Waals surface area contributed by atoms with Crippen molar-refractivity contribution in [3.8, 4) is 0 Å². The SMILES string of the molecule is C.CC(C)c1ccc(C(C)C)c(C(C)C)c1. The molecule has 0 spiro atoms. The summed E-state index contributed by atoms with van der Waals surface area (Å²) in [6.45, 7) is 13.6. The van der Waals surface area contributed by atoms with Crippen LogP contribution in [0.5, 0.6) is 0 Å². The maximum atomic E-state index is 2.39. The van der Waals surface area contributed by atoms with Crippen LogP contribution in [0.4, 0.5) is 0 Å². The van der Waals surface area contributed by atoms with Crippen molar-refractivity contribution in [3.63, 3.8) is 0 Å². The summed E-state index contributed by atoms with van der Waals surface area (Å²) in [6.07, 6.45) is 0. The largest absolute Gasteiger partial charge is 0.0776 e. The van der Waals surface area contributed by atoms with E-state index in [2.05, 4.69) is 59.7 Å². The summed E-state index contributed by atoms with van der Waals surface area (Å²) in [6, 6.07) is 6.99. The Labute approximate surface area is 102 Å². The first-order valence-electron chi connectivity index (χ1n) is 6.07. The zero-order chi connectivity index (χ0) is 11.6. The highest BCUT2D eigenvalue weighted by molar-refractivity contribution is 5.37. The molecule has 0 atom stereocenters. The molecular formula is C16H28. The Morgan fingerprint density at radius 3 is 1.56 bits per heavy atom. The van der Waals surface area contributed by atoms with Crippen molar-refractivity contribution in [1.29, 1.82) is 0 Å². The van der Waals surface area contributed by atoms with E-state index in [9.17, 15) is 0 Å². The van der Waals surface area contributed by atoms with Crippen LogP contribution < -0.4 is 0 Å². The molecule has 92 valence electrons. The van der Waals surface area contributed by atoms with E-state index in [0.717, 1.165) is 0 Å². The molecule has 0 unspecified atom stereocenters. The van der Waals surface area contributed by atoms with Gasteiger partial charge in [-0.2, -0.15) is 0 Å². The number of hydrogen-bond acceptors (Lipinski definition) is 0. The summed E-state index contributed by atoms with van der Waals surface area (Å²) in [7, 11) is 0. The first kappa shape index (κ1) is 15.2. The fourth-order valence-corrected chi connectivity index (χ4v) is 1.98. The van der Waals surface area contributed by atoms with Crippen LogP contribution >= 0.6 is 0 Å². The van der Waals surface area contributed by atoms with Gasteiger partial charge in [0, 0.05) is 0 Å². The maximum absolute atomic E-state index is 2.39. The van der Waals surface area contributed by atoms with Crippen molar-refractivity contribution >= 4 is 0 Å². The Balaban J connectivity index is 0.00000225. The molecule has 0 fully saturated rings. The zero-order valence-corrected chi connectivity index (χ0v) is 11.0. The standard InChI is InChI=1S/C15H24.CH4/c1-10(2)13-7-8-14(11(3)4)15(9-13)12(5)6;/h7-12H,1-6H3;1H4. The molecule has 0 aromatic heterocycles. The Morgan fingerprint density at radius 1 is 0.688 bits per heavy atom. The number of rotatable bonds is 3. The fourth-order valence-electron chi connectivity index (χ4n) is 1.98. The number of benzene rings is 1. The van der Waals surface area contributed by atoms with Crippen molar-refractivity contribution in [3.05, 3.63) is 34.9 Å². The Hall–Kier alpha value is -0.780. The average molecular weight is 220 g/mol. The Bertz CT molecular complexity index is 319. The maximum Gasteiger partial charge on any atom is -0.0216 e. The van der Waals surface area contributed by atoms with E-state index in [1.807, 2.05) is 0 Å². The van der Waals surface area contributed by atoms with Crippen molar-refractivity contribution in [2.24, 2.45) is 0 Å². The first-order chi connectivity index (χ1) is 6.93. The van der Waals surface area contributed by atoms with Crippen LogP contribution in [0.15, 0.2) is 18.2 Å². The van der Waals surface area contributed by atoms with Gasteiger partial charge in [-0.25, -0.2) is 0 Å². The van der Waals surface area contributed by atoms with Crippen LogP contribution in [0.1, 0.15) is 83.4 Å². The summed E-state index contributed by atoms with van der Waals surface area (Å²) in [5, 5.41) is 0. The minimum Gasteiger partial charge on any atom is -0.0776 e. The average Bonchev–Trinajstić information content (AvgIpc) is 2.16. The second kappa shape index (κ2) is 6.08. The molecule has 0 heteroatoms. The molecule has 0 aliphatic heterocycles. The van der Waals surface area contributed by atoms with Crippen LogP contribution in [-0.2, 0) is 0 Å². The van der Waals surface area contributed by atoms with Gasteiger partial charge < -0.3 is 0 Å². The fraction of sp³-hybridized carbons (Fsp3) is 0.625. The highest BCUT2D eigenvalue weighted by Gasteiger charge is 2.11. The van der Waals surface area contributed by atoms with Gasteiger partial charge in [0.05, 0.1) is 0 Å². The smallest absolute Gasteiger partial charge is 0.0216 e.